The molecule has 25 heavy (non-hydrogen) atoms. The molecule has 2 aromatic rings. The molecule has 0 bridgehead atoms. The largest absolute Gasteiger partial charge is 0.326 e. The van der Waals surface area contributed by atoms with Gasteiger partial charge < -0.3 is 5.32 Å². The normalized spacial score (nSPS) is 12.7. The van der Waals surface area contributed by atoms with Gasteiger partial charge in [-0.3, -0.25) is 19.7 Å². The molecular formula is C18H15FN2O3S. The highest BCUT2D eigenvalue weighted by Gasteiger charge is 2.26. The molecule has 3 rings (SSSR count). The molecule has 0 aromatic heterocycles. The van der Waals surface area contributed by atoms with Crippen LogP contribution in [0.3, 0.4) is 0 Å². The average molecular weight is 358 g/mol. The van der Waals surface area contributed by atoms with E-state index in [2.05, 4.69) is 10.6 Å². The van der Waals surface area contributed by atoms with Crippen LogP contribution in [0.4, 0.5) is 10.1 Å². The second-order valence-electron chi connectivity index (χ2n) is 5.50. The maximum atomic E-state index is 12.8. The number of rotatable bonds is 6. The lowest BCUT2D eigenvalue weighted by Gasteiger charge is -2.06. The third kappa shape index (κ3) is 4.24. The van der Waals surface area contributed by atoms with E-state index in [0.717, 1.165) is 10.6 Å². The number of halogens is 1. The van der Waals surface area contributed by atoms with Crippen molar-refractivity contribution in [1.29, 1.82) is 0 Å². The van der Waals surface area contributed by atoms with E-state index in [1.165, 1.54) is 24.3 Å². The van der Waals surface area contributed by atoms with Crippen molar-refractivity contribution in [1.82, 2.24) is 5.32 Å². The van der Waals surface area contributed by atoms with Crippen LogP contribution in [-0.4, -0.2) is 23.5 Å². The van der Waals surface area contributed by atoms with Crippen molar-refractivity contribution in [3.05, 3.63) is 59.4 Å². The van der Waals surface area contributed by atoms with Gasteiger partial charge in [0.15, 0.2) is 0 Å². The van der Waals surface area contributed by atoms with Crippen LogP contribution in [0, 0.1) is 5.82 Å². The van der Waals surface area contributed by atoms with Gasteiger partial charge in [-0.1, -0.05) is 0 Å². The molecule has 0 spiro atoms. The number of benzene rings is 2. The van der Waals surface area contributed by atoms with Crippen molar-refractivity contribution in [2.45, 2.75) is 17.7 Å². The van der Waals surface area contributed by atoms with Crippen molar-refractivity contribution in [3.63, 3.8) is 0 Å². The Hall–Kier alpha value is -2.67. The van der Waals surface area contributed by atoms with Crippen LogP contribution in [0.5, 0.6) is 0 Å². The van der Waals surface area contributed by atoms with Gasteiger partial charge in [-0.15, -0.1) is 11.8 Å². The summed E-state index contributed by atoms with van der Waals surface area (Å²) >= 11 is 1.56. The van der Waals surface area contributed by atoms with E-state index in [9.17, 15) is 18.8 Å². The number of thioether (sulfide) groups is 1. The van der Waals surface area contributed by atoms with Gasteiger partial charge in [0.25, 0.3) is 11.8 Å². The number of imide groups is 1. The summed E-state index contributed by atoms with van der Waals surface area (Å²) in [5, 5.41) is 4.93. The van der Waals surface area contributed by atoms with Crippen LogP contribution in [0.2, 0.25) is 0 Å². The predicted octanol–water partition coefficient (Wildman–Crippen LogP) is 3.22. The van der Waals surface area contributed by atoms with Crippen molar-refractivity contribution in [2.24, 2.45) is 0 Å². The predicted molar refractivity (Wildman–Crippen MR) is 93.2 cm³/mol. The minimum absolute atomic E-state index is 0.163. The molecule has 7 heteroatoms. The summed E-state index contributed by atoms with van der Waals surface area (Å²) in [4.78, 5) is 36.0. The Morgan fingerprint density at radius 2 is 1.76 bits per heavy atom. The monoisotopic (exact) mass is 358 g/mol. The first-order valence-electron chi connectivity index (χ1n) is 7.71. The van der Waals surface area contributed by atoms with Crippen molar-refractivity contribution < 1.29 is 18.8 Å². The molecule has 128 valence electrons. The summed E-state index contributed by atoms with van der Waals surface area (Å²) in [5.41, 5.74) is 1.08. The lowest BCUT2D eigenvalue weighted by atomic mass is 10.1. The summed E-state index contributed by atoms with van der Waals surface area (Å²) in [6.45, 7) is 0. The zero-order chi connectivity index (χ0) is 17.8. The van der Waals surface area contributed by atoms with Crippen LogP contribution in [0.15, 0.2) is 47.4 Å². The molecule has 1 aliphatic heterocycles. The number of anilines is 1. The van der Waals surface area contributed by atoms with Crippen LogP contribution in [0.25, 0.3) is 0 Å². The molecule has 0 saturated heterocycles. The Kier molecular flexibility index (Phi) is 5.14. The molecule has 1 heterocycles. The van der Waals surface area contributed by atoms with Crippen molar-refractivity contribution >= 4 is 35.2 Å². The molecule has 0 aliphatic carbocycles. The van der Waals surface area contributed by atoms with Crippen LogP contribution in [-0.2, 0) is 4.79 Å². The maximum absolute atomic E-state index is 12.8. The van der Waals surface area contributed by atoms with E-state index < -0.39 is 11.8 Å². The van der Waals surface area contributed by atoms with E-state index in [4.69, 9.17) is 0 Å². The van der Waals surface area contributed by atoms with E-state index >= 15 is 0 Å². The average Bonchev–Trinajstić information content (AvgIpc) is 2.87. The molecule has 0 atom stereocenters. The standard InChI is InChI=1S/C18H15FN2O3S/c19-11-3-6-13(7-4-11)25-9-1-2-16(22)20-12-5-8-14-15(10-12)18(24)21-17(14)23/h3-8,10H,1-2,9H2,(H,20,22)(H,21,23,24). The molecule has 3 amide bonds. The summed E-state index contributed by atoms with van der Waals surface area (Å²) in [7, 11) is 0. The minimum Gasteiger partial charge on any atom is -0.326 e. The Balaban J connectivity index is 1.47. The van der Waals surface area contributed by atoms with Gasteiger partial charge in [-0.2, -0.15) is 0 Å². The van der Waals surface area contributed by atoms with Crippen LogP contribution < -0.4 is 10.6 Å². The van der Waals surface area contributed by atoms with Crippen molar-refractivity contribution in [3.8, 4) is 0 Å². The second kappa shape index (κ2) is 7.48. The first kappa shape index (κ1) is 17.2. The van der Waals surface area contributed by atoms with E-state index in [0.29, 0.717) is 24.1 Å². The van der Waals surface area contributed by atoms with E-state index in [1.807, 2.05) is 0 Å². The highest BCUT2D eigenvalue weighted by molar-refractivity contribution is 7.99. The zero-order valence-electron chi connectivity index (χ0n) is 13.2. The second-order valence-corrected chi connectivity index (χ2v) is 6.67. The highest BCUT2D eigenvalue weighted by Crippen LogP contribution is 2.21. The molecular weight excluding hydrogens is 343 g/mol. The Morgan fingerprint density at radius 3 is 2.52 bits per heavy atom. The molecule has 2 N–H and O–H groups in total. The number of fused-ring (bicyclic) bond motifs is 1. The summed E-state index contributed by atoms with van der Waals surface area (Å²) in [5.74, 6) is -0.569. The van der Waals surface area contributed by atoms with E-state index in [-0.39, 0.29) is 17.3 Å². The van der Waals surface area contributed by atoms with Gasteiger partial charge in [-0.05, 0) is 54.6 Å². The van der Waals surface area contributed by atoms with Gasteiger partial charge in [0.05, 0.1) is 11.1 Å². The molecule has 2 aromatic carbocycles. The zero-order valence-corrected chi connectivity index (χ0v) is 14.0. The molecule has 0 saturated carbocycles. The third-order valence-corrected chi connectivity index (χ3v) is 4.75. The maximum Gasteiger partial charge on any atom is 0.259 e. The molecule has 1 aliphatic rings. The molecule has 0 unspecified atom stereocenters. The smallest absolute Gasteiger partial charge is 0.259 e. The summed E-state index contributed by atoms with van der Waals surface area (Å²) < 4.78 is 12.8. The third-order valence-electron chi connectivity index (χ3n) is 3.65. The number of amides is 3. The first-order chi connectivity index (χ1) is 12.0. The quantitative estimate of drug-likeness (QED) is 0.472. The fourth-order valence-electron chi connectivity index (χ4n) is 2.42. The number of hydrogen-bond acceptors (Lipinski definition) is 4. The molecule has 0 radical (unpaired) electrons. The number of nitrogens with one attached hydrogen (secondary N) is 2. The minimum atomic E-state index is -0.452. The number of hydrogen-bond donors (Lipinski definition) is 2. The lowest BCUT2D eigenvalue weighted by molar-refractivity contribution is -0.116. The topological polar surface area (TPSA) is 75.3 Å². The van der Waals surface area contributed by atoms with Crippen molar-refractivity contribution in [2.75, 3.05) is 11.1 Å². The number of carbonyl (C=O) groups is 3. The van der Waals surface area contributed by atoms with E-state index in [1.54, 1.807) is 30.0 Å². The number of carbonyl (C=O) groups excluding carboxylic acids is 3. The Bertz CT molecular complexity index is 837. The Morgan fingerprint density at radius 1 is 1.04 bits per heavy atom. The Labute approximate surface area is 148 Å². The van der Waals surface area contributed by atoms with Crippen LogP contribution >= 0.6 is 11.8 Å². The summed E-state index contributed by atoms with van der Waals surface area (Å²) in [6.07, 6.45) is 0.994. The highest BCUT2D eigenvalue weighted by atomic mass is 32.2. The fourth-order valence-corrected chi connectivity index (χ4v) is 3.28. The van der Waals surface area contributed by atoms with Gasteiger partial charge >= 0.3 is 0 Å². The SMILES string of the molecule is O=C(CCCSc1ccc(F)cc1)Nc1ccc2c(c1)C(=O)NC2=O. The molecule has 0 fully saturated rings. The van der Waals surface area contributed by atoms with Gasteiger partial charge in [-0.25, -0.2) is 4.39 Å². The van der Waals surface area contributed by atoms with Gasteiger partial charge in [0.2, 0.25) is 5.91 Å². The first-order valence-corrected chi connectivity index (χ1v) is 8.69. The van der Waals surface area contributed by atoms with Crippen LogP contribution in [0.1, 0.15) is 33.6 Å². The lowest BCUT2D eigenvalue weighted by Crippen LogP contribution is -2.19. The fraction of sp³-hybridized carbons (Fsp3) is 0.167. The van der Waals surface area contributed by atoms with Gasteiger partial charge in [0, 0.05) is 17.0 Å². The molecule has 5 nitrogen and oxygen atoms in total. The summed E-state index contributed by atoms with van der Waals surface area (Å²) in [6, 6.07) is 10.8. The van der Waals surface area contributed by atoms with Gasteiger partial charge in [0.1, 0.15) is 5.82 Å².